The molecule has 1 fully saturated rings. The third-order valence-electron chi connectivity index (χ3n) is 3.47. The quantitative estimate of drug-likeness (QED) is 0.839. The molecule has 0 bridgehead atoms. The summed E-state index contributed by atoms with van der Waals surface area (Å²) >= 11 is 0. The van der Waals surface area contributed by atoms with Crippen molar-refractivity contribution in [3.05, 3.63) is 18.2 Å². The average molecular weight is 235 g/mol. The fraction of sp³-hybridized carbons (Fsp3) is 0.692. The summed E-state index contributed by atoms with van der Waals surface area (Å²) in [5, 5.41) is 3.32. The molecular weight excluding hydrogens is 214 g/mol. The number of carbonyl (C=O) groups excluding carboxylic acids is 1. The monoisotopic (exact) mass is 235 g/mol. The van der Waals surface area contributed by atoms with Crippen LogP contribution in [-0.2, 0) is 17.8 Å². The first-order valence-corrected chi connectivity index (χ1v) is 6.52. The van der Waals surface area contributed by atoms with Gasteiger partial charge >= 0.3 is 0 Å². The zero-order valence-corrected chi connectivity index (χ0v) is 10.5. The van der Waals surface area contributed by atoms with E-state index < -0.39 is 0 Å². The van der Waals surface area contributed by atoms with E-state index >= 15 is 0 Å². The van der Waals surface area contributed by atoms with Crippen LogP contribution in [0.1, 0.15) is 32.0 Å². The Bertz CT molecular complexity index is 366. The number of Topliss-reactive ketones (excluding diaryl/α,β-unsaturated/α-hetero) is 1. The molecule has 0 unspecified atom stereocenters. The minimum Gasteiger partial charge on any atom is -0.335 e. The number of hydrogen-bond acceptors (Lipinski definition) is 3. The van der Waals surface area contributed by atoms with E-state index in [0.29, 0.717) is 18.1 Å². The SMILES string of the molecule is CCn1ccnc1CC(=O)CC1CCNCC1. The van der Waals surface area contributed by atoms with Crippen molar-refractivity contribution in [3.63, 3.8) is 0 Å². The Balaban J connectivity index is 1.84. The van der Waals surface area contributed by atoms with Crippen LogP contribution in [0, 0.1) is 5.92 Å². The highest BCUT2D eigenvalue weighted by molar-refractivity contribution is 5.80. The molecule has 4 nitrogen and oxygen atoms in total. The van der Waals surface area contributed by atoms with Crippen molar-refractivity contribution >= 4 is 5.78 Å². The Morgan fingerprint density at radius 3 is 3.00 bits per heavy atom. The number of nitrogens with zero attached hydrogens (tertiary/aromatic N) is 2. The first kappa shape index (κ1) is 12.3. The molecule has 0 saturated carbocycles. The molecule has 0 aromatic carbocycles. The zero-order chi connectivity index (χ0) is 12.1. The predicted molar refractivity (Wildman–Crippen MR) is 66.8 cm³/mol. The van der Waals surface area contributed by atoms with Gasteiger partial charge in [0.25, 0.3) is 0 Å². The normalized spacial score (nSPS) is 17.2. The minimum absolute atomic E-state index is 0.331. The van der Waals surface area contributed by atoms with Gasteiger partial charge in [-0.15, -0.1) is 0 Å². The maximum Gasteiger partial charge on any atom is 0.140 e. The van der Waals surface area contributed by atoms with Gasteiger partial charge in [0.15, 0.2) is 0 Å². The molecule has 2 heterocycles. The number of imidazole rings is 1. The maximum atomic E-state index is 12.0. The van der Waals surface area contributed by atoms with E-state index in [4.69, 9.17) is 0 Å². The highest BCUT2D eigenvalue weighted by atomic mass is 16.1. The molecule has 1 aliphatic rings. The second kappa shape index (κ2) is 5.96. The van der Waals surface area contributed by atoms with Gasteiger partial charge in [-0.05, 0) is 38.8 Å². The van der Waals surface area contributed by atoms with Crippen LogP contribution in [0.3, 0.4) is 0 Å². The zero-order valence-electron chi connectivity index (χ0n) is 10.5. The lowest BCUT2D eigenvalue weighted by molar-refractivity contribution is -0.119. The number of rotatable bonds is 5. The van der Waals surface area contributed by atoms with Gasteiger partial charge in [0.1, 0.15) is 11.6 Å². The van der Waals surface area contributed by atoms with Crippen molar-refractivity contribution in [2.24, 2.45) is 5.92 Å². The average Bonchev–Trinajstić information content (AvgIpc) is 2.77. The molecule has 0 aliphatic carbocycles. The van der Waals surface area contributed by atoms with Crippen LogP contribution in [0.5, 0.6) is 0 Å². The summed E-state index contributed by atoms with van der Waals surface area (Å²) in [7, 11) is 0. The maximum absolute atomic E-state index is 12.0. The Morgan fingerprint density at radius 1 is 1.53 bits per heavy atom. The van der Waals surface area contributed by atoms with Crippen LogP contribution in [0.25, 0.3) is 0 Å². The third kappa shape index (κ3) is 3.40. The first-order chi connectivity index (χ1) is 8.29. The van der Waals surface area contributed by atoms with Crippen molar-refractivity contribution in [1.82, 2.24) is 14.9 Å². The van der Waals surface area contributed by atoms with E-state index in [2.05, 4.69) is 17.2 Å². The van der Waals surface area contributed by atoms with Crippen LogP contribution >= 0.6 is 0 Å². The van der Waals surface area contributed by atoms with Gasteiger partial charge in [0.2, 0.25) is 0 Å². The minimum atomic E-state index is 0.331. The molecule has 0 spiro atoms. The van der Waals surface area contributed by atoms with Crippen molar-refractivity contribution in [2.45, 2.75) is 39.2 Å². The molecule has 4 heteroatoms. The van der Waals surface area contributed by atoms with Crippen molar-refractivity contribution in [1.29, 1.82) is 0 Å². The molecule has 2 rings (SSSR count). The fourth-order valence-electron chi connectivity index (χ4n) is 2.45. The number of carbonyl (C=O) groups is 1. The predicted octanol–water partition coefficient (Wildman–Crippen LogP) is 1.40. The van der Waals surface area contributed by atoms with Crippen LogP contribution in [0.15, 0.2) is 12.4 Å². The van der Waals surface area contributed by atoms with E-state index in [1.807, 2.05) is 10.8 Å². The van der Waals surface area contributed by atoms with Crippen molar-refractivity contribution < 1.29 is 4.79 Å². The molecule has 17 heavy (non-hydrogen) atoms. The summed E-state index contributed by atoms with van der Waals surface area (Å²) in [6.07, 6.45) is 7.19. The van der Waals surface area contributed by atoms with E-state index in [1.54, 1.807) is 6.20 Å². The number of hydrogen-bond donors (Lipinski definition) is 1. The summed E-state index contributed by atoms with van der Waals surface area (Å²) in [6, 6.07) is 0. The Hall–Kier alpha value is -1.16. The standard InChI is InChI=1S/C13H21N3O/c1-2-16-8-7-15-13(16)10-12(17)9-11-3-5-14-6-4-11/h7-8,11,14H,2-6,9-10H2,1H3. The van der Waals surface area contributed by atoms with Gasteiger partial charge in [-0.2, -0.15) is 0 Å². The van der Waals surface area contributed by atoms with Gasteiger partial charge in [0, 0.05) is 25.4 Å². The number of aromatic nitrogens is 2. The molecular formula is C13H21N3O. The molecule has 1 aliphatic heterocycles. The molecule has 1 aromatic heterocycles. The Morgan fingerprint density at radius 2 is 2.29 bits per heavy atom. The lowest BCUT2D eigenvalue weighted by Gasteiger charge is -2.21. The molecule has 0 atom stereocenters. The lowest BCUT2D eigenvalue weighted by atomic mass is 9.92. The van der Waals surface area contributed by atoms with E-state index in [0.717, 1.165) is 44.7 Å². The van der Waals surface area contributed by atoms with E-state index in [9.17, 15) is 4.79 Å². The van der Waals surface area contributed by atoms with Gasteiger partial charge in [0.05, 0.1) is 6.42 Å². The van der Waals surface area contributed by atoms with E-state index in [-0.39, 0.29) is 0 Å². The van der Waals surface area contributed by atoms with Gasteiger partial charge in [-0.1, -0.05) is 0 Å². The molecule has 1 saturated heterocycles. The number of ketones is 1. The van der Waals surface area contributed by atoms with Gasteiger partial charge in [-0.3, -0.25) is 4.79 Å². The summed E-state index contributed by atoms with van der Waals surface area (Å²) in [5.41, 5.74) is 0. The van der Waals surface area contributed by atoms with Crippen LogP contribution in [0.2, 0.25) is 0 Å². The van der Waals surface area contributed by atoms with Crippen LogP contribution < -0.4 is 5.32 Å². The highest BCUT2D eigenvalue weighted by Gasteiger charge is 2.17. The number of piperidine rings is 1. The molecule has 1 aromatic rings. The number of aryl methyl sites for hydroxylation is 1. The highest BCUT2D eigenvalue weighted by Crippen LogP contribution is 2.17. The second-order valence-corrected chi connectivity index (χ2v) is 4.74. The molecule has 94 valence electrons. The molecule has 0 amide bonds. The first-order valence-electron chi connectivity index (χ1n) is 6.52. The topological polar surface area (TPSA) is 46.9 Å². The summed E-state index contributed by atoms with van der Waals surface area (Å²) in [4.78, 5) is 16.2. The van der Waals surface area contributed by atoms with Crippen molar-refractivity contribution in [2.75, 3.05) is 13.1 Å². The number of nitrogens with one attached hydrogen (secondary N) is 1. The smallest absolute Gasteiger partial charge is 0.140 e. The van der Waals surface area contributed by atoms with Crippen LogP contribution in [-0.4, -0.2) is 28.4 Å². The second-order valence-electron chi connectivity index (χ2n) is 4.74. The fourth-order valence-corrected chi connectivity index (χ4v) is 2.45. The Labute approximate surface area is 102 Å². The summed E-state index contributed by atoms with van der Waals surface area (Å²) in [5.74, 6) is 1.82. The molecule has 0 radical (unpaired) electrons. The third-order valence-corrected chi connectivity index (χ3v) is 3.47. The van der Waals surface area contributed by atoms with Crippen LogP contribution in [0.4, 0.5) is 0 Å². The summed E-state index contributed by atoms with van der Waals surface area (Å²) in [6.45, 7) is 5.07. The Kier molecular flexibility index (Phi) is 4.31. The van der Waals surface area contributed by atoms with Gasteiger partial charge < -0.3 is 9.88 Å². The van der Waals surface area contributed by atoms with E-state index in [1.165, 1.54) is 0 Å². The largest absolute Gasteiger partial charge is 0.335 e. The summed E-state index contributed by atoms with van der Waals surface area (Å²) < 4.78 is 2.04. The molecule has 1 N–H and O–H groups in total. The van der Waals surface area contributed by atoms with Crippen molar-refractivity contribution in [3.8, 4) is 0 Å². The van der Waals surface area contributed by atoms with Gasteiger partial charge in [-0.25, -0.2) is 4.98 Å². The lowest BCUT2D eigenvalue weighted by Crippen LogP contribution is -2.29.